The van der Waals surface area contributed by atoms with Gasteiger partial charge in [0.15, 0.2) is 6.10 Å². The highest BCUT2D eigenvalue weighted by Crippen LogP contribution is 2.22. The van der Waals surface area contributed by atoms with Crippen LogP contribution in [0, 0.1) is 0 Å². The number of aliphatic hydroxyl groups excluding tert-OH is 1. The number of aryl methyl sites for hydroxylation is 1. The highest BCUT2D eigenvalue weighted by molar-refractivity contribution is 5.95. The number of carbonyl (C=O) groups excluding carboxylic acids is 1. The zero-order valence-corrected chi connectivity index (χ0v) is 12.7. The molecule has 0 fully saturated rings. The number of aliphatic hydroxyl groups is 1. The van der Waals surface area contributed by atoms with Crippen molar-refractivity contribution in [3.63, 3.8) is 0 Å². The standard InChI is InChI=1S/C18H17N3O2/c1-21-11-10-19-17(21)14-8-5-9-15(12-14)20-18(23)16(22)13-6-3-2-4-7-13/h2-12,16,22H,1H3,(H,20,23). The second-order valence-corrected chi connectivity index (χ2v) is 5.25. The smallest absolute Gasteiger partial charge is 0.257 e. The van der Waals surface area contributed by atoms with Gasteiger partial charge >= 0.3 is 0 Å². The van der Waals surface area contributed by atoms with Crippen molar-refractivity contribution in [1.82, 2.24) is 9.55 Å². The summed E-state index contributed by atoms with van der Waals surface area (Å²) in [6.45, 7) is 0. The van der Waals surface area contributed by atoms with Gasteiger partial charge in [0, 0.05) is 30.7 Å². The SMILES string of the molecule is Cn1ccnc1-c1cccc(NC(=O)C(O)c2ccccc2)c1. The fraction of sp³-hybridized carbons (Fsp3) is 0.111. The number of hydrogen-bond donors (Lipinski definition) is 2. The number of nitrogens with zero attached hydrogens (tertiary/aromatic N) is 2. The van der Waals surface area contributed by atoms with Gasteiger partial charge in [0.1, 0.15) is 5.82 Å². The molecule has 5 nitrogen and oxygen atoms in total. The van der Waals surface area contributed by atoms with E-state index < -0.39 is 12.0 Å². The number of rotatable bonds is 4. The van der Waals surface area contributed by atoms with Gasteiger partial charge in [-0.15, -0.1) is 0 Å². The molecule has 1 unspecified atom stereocenters. The van der Waals surface area contributed by atoms with Crippen LogP contribution in [0.2, 0.25) is 0 Å². The molecule has 3 aromatic rings. The Labute approximate surface area is 134 Å². The van der Waals surface area contributed by atoms with Crippen LogP contribution in [0.5, 0.6) is 0 Å². The van der Waals surface area contributed by atoms with E-state index in [9.17, 15) is 9.90 Å². The Morgan fingerprint density at radius 1 is 1.17 bits per heavy atom. The molecular formula is C18H17N3O2. The summed E-state index contributed by atoms with van der Waals surface area (Å²) >= 11 is 0. The first-order chi connectivity index (χ1) is 11.1. The fourth-order valence-electron chi connectivity index (χ4n) is 2.38. The van der Waals surface area contributed by atoms with E-state index >= 15 is 0 Å². The lowest BCUT2D eigenvalue weighted by atomic mass is 10.1. The van der Waals surface area contributed by atoms with Crippen molar-refractivity contribution < 1.29 is 9.90 Å². The van der Waals surface area contributed by atoms with Gasteiger partial charge in [-0.25, -0.2) is 4.98 Å². The van der Waals surface area contributed by atoms with Crippen molar-refractivity contribution >= 4 is 11.6 Å². The third-order valence-corrected chi connectivity index (χ3v) is 3.57. The number of nitrogens with one attached hydrogen (secondary N) is 1. The van der Waals surface area contributed by atoms with Crippen LogP contribution in [-0.2, 0) is 11.8 Å². The van der Waals surface area contributed by atoms with Crippen molar-refractivity contribution in [2.45, 2.75) is 6.10 Å². The molecule has 1 aromatic heterocycles. The molecule has 1 amide bonds. The minimum atomic E-state index is -1.20. The topological polar surface area (TPSA) is 67.2 Å². The molecule has 0 saturated heterocycles. The number of hydrogen-bond acceptors (Lipinski definition) is 3. The van der Waals surface area contributed by atoms with E-state index in [1.807, 2.05) is 42.1 Å². The summed E-state index contributed by atoms with van der Waals surface area (Å²) in [4.78, 5) is 16.5. The van der Waals surface area contributed by atoms with Gasteiger partial charge in [-0.3, -0.25) is 4.79 Å². The van der Waals surface area contributed by atoms with E-state index in [1.54, 1.807) is 36.5 Å². The summed E-state index contributed by atoms with van der Waals surface area (Å²) in [6.07, 6.45) is 2.38. The van der Waals surface area contributed by atoms with Crippen LogP contribution in [0.4, 0.5) is 5.69 Å². The Kier molecular flexibility index (Phi) is 4.21. The molecule has 5 heteroatoms. The maximum Gasteiger partial charge on any atom is 0.257 e. The Bertz CT molecular complexity index is 812. The molecule has 1 atom stereocenters. The average Bonchev–Trinajstić information content (AvgIpc) is 3.01. The van der Waals surface area contributed by atoms with Crippen LogP contribution in [0.15, 0.2) is 67.0 Å². The Hall–Kier alpha value is -2.92. The molecule has 1 heterocycles. The Morgan fingerprint density at radius 3 is 2.65 bits per heavy atom. The van der Waals surface area contributed by atoms with Crippen LogP contribution >= 0.6 is 0 Å². The molecule has 0 aliphatic rings. The van der Waals surface area contributed by atoms with Crippen LogP contribution in [0.1, 0.15) is 11.7 Å². The third-order valence-electron chi connectivity index (χ3n) is 3.57. The summed E-state index contributed by atoms with van der Waals surface area (Å²) in [5.74, 6) is 0.345. The Morgan fingerprint density at radius 2 is 1.96 bits per heavy atom. The fourth-order valence-corrected chi connectivity index (χ4v) is 2.38. The van der Waals surface area contributed by atoms with Crippen molar-refractivity contribution in [3.05, 3.63) is 72.6 Å². The average molecular weight is 307 g/mol. The first kappa shape index (κ1) is 15.0. The summed E-state index contributed by atoms with van der Waals surface area (Å²) in [6, 6.07) is 16.2. The minimum Gasteiger partial charge on any atom is -0.378 e. The monoisotopic (exact) mass is 307 g/mol. The van der Waals surface area contributed by atoms with E-state index in [-0.39, 0.29) is 0 Å². The molecule has 2 aromatic carbocycles. The zero-order chi connectivity index (χ0) is 16.2. The highest BCUT2D eigenvalue weighted by atomic mass is 16.3. The largest absolute Gasteiger partial charge is 0.378 e. The van der Waals surface area contributed by atoms with E-state index in [2.05, 4.69) is 10.3 Å². The molecule has 0 radical (unpaired) electrons. The van der Waals surface area contributed by atoms with E-state index in [0.29, 0.717) is 11.3 Å². The maximum atomic E-state index is 12.2. The maximum absolute atomic E-state index is 12.2. The van der Waals surface area contributed by atoms with Crippen molar-refractivity contribution in [2.24, 2.45) is 7.05 Å². The molecule has 0 spiro atoms. The van der Waals surface area contributed by atoms with Crippen LogP contribution in [-0.4, -0.2) is 20.6 Å². The van der Waals surface area contributed by atoms with Gasteiger partial charge in [0.2, 0.25) is 0 Å². The van der Waals surface area contributed by atoms with Crippen molar-refractivity contribution in [1.29, 1.82) is 0 Å². The molecule has 0 aliphatic carbocycles. The van der Waals surface area contributed by atoms with Crippen molar-refractivity contribution in [2.75, 3.05) is 5.32 Å². The third kappa shape index (κ3) is 3.30. The summed E-state index contributed by atoms with van der Waals surface area (Å²) in [5, 5.41) is 12.9. The van der Waals surface area contributed by atoms with Gasteiger partial charge in [0.05, 0.1) is 0 Å². The van der Waals surface area contributed by atoms with Gasteiger partial charge in [0.25, 0.3) is 5.91 Å². The van der Waals surface area contributed by atoms with Crippen molar-refractivity contribution in [3.8, 4) is 11.4 Å². The lowest BCUT2D eigenvalue weighted by Crippen LogP contribution is -2.20. The van der Waals surface area contributed by atoms with Gasteiger partial charge in [-0.2, -0.15) is 0 Å². The first-order valence-corrected chi connectivity index (χ1v) is 7.27. The van der Waals surface area contributed by atoms with E-state index in [1.165, 1.54) is 0 Å². The van der Waals surface area contributed by atoms with Crippen LogP contribution in [0.25, 0.3) is 11.4 Å². The van der Waals surface area contributed by atoms with E-state index in [0.717, 1.165) is 11.4 Å². The molecule has 23 heavy (non-hydrogen) atoms. The molecule has 0 aliphatic heterocycles. The van der Waals surface area contributed by atoms with E-state index in [4.69, 9.17) is 0 Å². The molecule has 0 saturated carbocycles. The zero-order valence-electron chi connectivity index (χ0n) is 12.7. The summed E-state index contributed by atoms with van der Waals surface area (Å²) in [5.41, 5.74) is 2.07. The molecular weight excluding hydrogens is 290 g/mol. The second kappa shape index (κ2) is 6.46. The predicted molar refractivity (Wildman–Crippen MR) is 88.7 cm³/mol. The number of carbonyl (C=O) groups is 1. The van der Waals surface area contributed by atoms with Crippen LogP contribution in [0.3, 0.4) is 0 Å². The normalized spacial score (nSPS) is 11.9. The molecule has 116 valence electrons. The second-order valence-electron chi connectivity index (χ2n) is 5.25. The number of amides is 1. The number of aromatic nitrogens is 2. The summed E-state index contributed by atoms with van der Waals surface area (Å²) < 4.78 is 1.90. The lowest BCUT2D eigenvalue weighted by molar-refractivity contribution is -0.124. The van der Waals surface area contributed by atoms with Gasteiger partial charge in [-0.05, 0) is 17.7 Å². The molecule has 0 bridgehead atoms. The number of imidazole rings is 1. The number of anilines is 1. The first-order valence-electron chi connectivity index (χ1n) is 7.27. The number of benzene rings is 2. The minimum absolute atomic E-state index is 0.465. The van der Waals surface area contributed by atoms with Gasteiger partial charge in [-0.1, -0.05) is 42.5 Å². The Balaban J connectivity index is 1.78. The highest BCUT2D eigenvalue weighted by Gasteiger charge is 2.17. The predicted octanol–water partition coefficient (Wildman–Crippen LogP) is 2.76. The van der Waals surface area contributed by atoms with Crippen LogP contribution < -0.4 is 5.32 Å². The molecule has 3 rings (SSSR count). The summed E-state index contributed by atoms with van der Waals surface area (Å²) in [7, 11) is 1.91. The van der Waals surface area contributed by atoms with Gasteiger partial charge < -0.3 is 15.0 Å². The lowest BCUT2D eigenvalue weighted by Gasteiger charge is -2.12. The molecule has 2 N–H and O–H groups in total. The quantitative estimate of drug-likeness (QED) is 0.779.